The molecule has 0 unspecified atom stereocenters. The second-order valence-electron chi connectivity index (χ2n) is 7.44. The topological polar surface area (TPSA) is 70.5 Å². The van der Waals surface area contributed by atoms with Crippen molar-refractivity contribution in [1.29, 1.82) is 0 Å². The first-order valence-electron chi connectivity index (χ1n) is 9.96. The van der Waals surface area contributed by atoms with E-state index in [1.165, 1.54) is 10.2 Å². The summed E-state index contributed by atoms with van der Waals surface area (Å²) in [6.07, 6.45) is 0. The van der Waals surface area contributed by atoms with Crippen LogP contribution in [0.3, 0.4) is 0 Å². The third kappa shape index (κ3) is 4.38. The maximum absolute atomic E-state index is 12.9. The summed E-state index contributed by atoms with van der Waals surface area (Å²) in [7, 11) is 1.56. The number of carbonyl (C=O) groups is 1. The number of rotatable bonds is 5. The van der Waals surface area contributed by atoms with Crippen molar-refractivity contribution in [3.63, 3.8) is 0 Å². The fourth-order valence-corrected chi connectivity index (χ4v) is 4.00. The van der Waals surface area contributed by atoms with Gasteiger partial charge in [0.05, 0.1) is 12.1 Å². The molecule has 2 aromatic carbocycles. The number of fused-ring (bicyclic) bond motifs is 1. The van der Waals surface area contributed by atoms with E-state index >= 15 is 0 Å². The number of nitrogens with zero attached hydrogens (tertiary/aromatic N) is 4. The number of benzene rings is 2. The molecule has 0 spiro atoms. The van der Waals surface area contributed by atoms with Gasteiger partial charge in [-0.05, 0) is 23.8 Å². The quantitative estimate of drug-likeness (QED) is 0.678. The van der Waals surface area contributed by atoms with Crippen molar-refractivity contribution in [2.24, 2.45) is 0 Å². The normalized spacial score (nSPS) is 15.4. The highest BCUT2D eigenvalue weighted by atomic mass is 35.5. The molecule has 7 nitrogen and oxygen atoms in total. The highest BCUT2D eigenvalue weighted by Gasteiger charge is 2.20. The third-order valence-electron chi connectivity index (χ3n) is 5.40. The smallest absolute Gasteiger partial charge is 0.275 e. The number of piperazine rings is 1. The van der Waals surface area contributed by atoms with Crippen LogP contribution in [0.4, 0.5) is 0 Å². The molecule has 1 saturated heterocycles. The number of aromatic nitrogens is 2. The molecule has 30 heavy (non-hydrogen) atoms. The van der Waals surface area contributed by atoms with Crippen LogP contribution >= 0.6 is 11.6 Å². The van der Waals surface area contributed by atoms with Crippen LogP contribution in [-0.2, 0) is 13.2 Å². The van der Waals surface area contributed by atoms with Gasteiger partial charge < -0.3 is 5.32 Å². The highest BCUT2D eigenvalue weighted by molar-refractivity contribution is 6.30. The number of halogens is 1. The fourth-order valence-electron chi connectivity index (χ4n) is 3.79. The van der Waals surface area contributed by atoms with E-state index in [2.05, 4.69) is 26.3 Å². The summed E-state index contributed by atoms with van der Waals surface area (Å²) in [4.78, 5) is 29.8. The molecule has 3 aromatic rings. The zero-order valence-electron chi connectivity index (χ0n) is 16.8. The number of hydrogen-bond donors (Lipinski definition) is 1. The SMILES string of the molecule is CNC(=O)c1nn(CN2CCN(Cc3cccc(Cl)c3)CC2)c(=O)c2ccccc12. The van der Waals surface area contributed by atoms with E-state index in [9.17, 15) is 9.59 Å². The van der Waals surface area contributed by atoms with Gasteiger partial charge in [-0.2, -0.15) is 5.10 Å². The van der Waals surface area contributed by atoms with Gasteiger partial charge in [0.25, 0.3) is 11.5 Å². The van der Waals surface area contributed by atoms with E-state index < -0.39 is 0 Å². The van der Waals surface area contributed by atoms with Gasteiger partial charge in [-0.25, -0.2) is 4.68 Å². The molecule has 156 valence electrons. The van der Waals surface area contributed by atoms with Crippen LogP contribution in [0, 0.1) is 0 Å². The van der Waals surface area contributed by atoms with Crippen LogP contribution < -0.4 is 10.9 Å². The lowest BCUT2D eigenvalue weighted by Gasteiger charge is -2.34. The van der Waals surface area contributed by atoms with Crippen molar-refractivity contribution in [2.45, 2.75) is 13.2 Å². The van der Waals surface area contributed by atoms with Gasteiger partial charge in [-0.3, -0.25) is 19.4 Å². The minimum absolute atomic E-state index is 0.181. The zero-order chi connectivity index (χ0) is 21.1. The molecule has 2 heterocycles. The third-order valence-corrected chi connectivity index (χ3v) is 5.64. The molecular formula is C22H24ClN5O2. The Labute approximate surface area is 179 Å². The summed E-state index contributed by atoms with van der Waals surface area (Å²) in [6.45, 7) is 4.62. The van der Waals surface area contributed by atoms with E-state index in [-0.39, 0.29) is 17.2 Å². The molecule has 1 fully saturated rings. The van der Waals surface area contributed by atoms with Crippen LogP contribution in [0.25, 0.3) is 10.8 Å². The van der Waals surface area contributed by atoms with E-state index in [0.29, 0.717) is 17.4 Å². The van der Waals surface area contributed by atoms with Gasteiger partial charge in [0.1, 0.15) is 0 Å². The van der Waals surface area contributed by atoms with E-state index in [0.717, 1.165) is 37.7 Å². The number of amides is 1. The monoisotopic (exact) mass is 425 g/mol. The largest absolute Gasteiger partial charge is 0.354 e. The average molecular weight is 426 g/mol. The van der Waals surface area contributed by atoms with E-state index in [1.807, 2.05) is 18.2 Å². The van der Waals surface area contributed by atoms with Crippen molar-refractivity contribution >= 4 is 28.3 Å². The predicted molar refractivity (Wildman–Crippen MR) is 118 cm³/mol. The maximum Gasteiger partial charge on any atom is 0.275 e. The Bertz CT molecular complexity index is 1120. The van der Waals surface area contributed by atoms with Crippen molar-refractivity contribution in [3.8, 4) is 0 Å². The lowest BCUT2D eigenvalue weighted by molar-refractivity contribution is 0.0926. The van der Waals surface area contributed by atoms with Crippen LogP contribution in [-0.4, -0.2) is 58.7 Å². The van der Waals surface area contributed by atoms with Crippen molar-refractivity contribution in [2.75, 3.05) is 33.2 Å². The molecule has 4 rings (SSSR count). The fraction of sp³-hybridized carbons (Fsp3) is 0.318. The Balaban J connectivity index is 1.48. The van der Waals surface area contributed by atoms with Gasteiger partial charge in [-0.15, -0.1) is 0 Å². The average Bonchev–Trinajstić information content (AvgIpc) is 2.76. The lowest BCUT2D eigenvalue weighted by Crippen LogP contribution is -2.47. The van der Waals surface area contributed by atoms with Crippen molar-refractivity contribution in [3.05, 3.63) is 75.2 Å². The number of carbonyl (C=O) groups excluding carboxylic acids is 1. The Morgan fingerprint density at radius 1 is 1.03 bits per heavy atom. The number of nitrogens with one attached hydrogen (secondary N) is 1. The molecule has 1 N–H and O–H groups in total. The van der Waals surface area contributed by atoms with Crippen LogP contribution in [0.2, 0.25) is 5.02 Å². The lowest BCUT2D eigenvalue weighted by atomic mass is 10.1. The summed E-state index contributed by atoms with van der Waals surface area (Å²) in [5.41, 5.74) is 1.28. The molecule has 0 bridgehead atoms. The molecule has 0 saturated carbocycles. The molecule has 0 aliphatic carbocycles. The van der Waals surface area contributed by atoms with E-state index in [1.54, 1.807) is 31.3 Å². The van der Waals surface area contributed by atoms with Crippen LogP contribution in [0.1, 0.15) is 16.1 Å². The molecule has 1 aliphatic heterocycles. The molecule has 0 atom stereocenters. The first kappa shape index (κ1) is 20.5. The molecule has 1 aliphatic rings. The summed E-state index contributed by atoms with van der Waals surface area (Å²) in [5.74, 6) is -0.300. The molecule has 0 radical (unpaired) electrons. The van der Waals surface area contributed by atoms with E-state index in [4.69, 9.17) is 11.6 Å². The van der Waals surface area contributed by atoms with Crippen molar-refractivity contribution < 1.29 is 4.79 Å². The second kappa shape index (κ2) is 8.95. The van der Waals surface area contributed by atoms with Crippen LogP contribution in [0.5, 0.6) is 0 Å². The minimum Gasteiger partial charge on any atom is -0.354 e. The second-order valence-corrected chi connectivity index (χ2v) is 7.88. The Morgan fingerprint density at radius 2 is 1.73 bits per heavy atom. The van der Waals surface area contributed by atoms with Crippen molar-refractivity contribution in [1.82, 2.24) is 24.9 Å². The summed E-state index contributed by atoms with van der Waals surface area (Å²) >= 11 is 6.08. The van der Waals surface area contributed by atoms with Gasteiger partial charge in [0.15, 0.2) is 5.69 Å². The Kier molecular flexibility index (Phi) is 6.13. The Morgan fingerprint density at radius 3 is 2.43 bits per heavy atom. The van der Waals surface area contributed by atoms with Gasteiger partial charge in [-0.1, -0.05) is 41.9 Å². The van der Waals surface area contributed by atoms with Gasteiger partial charge >= 0.3 is 0 Å². The van der Waals surface area contributed by atoms with Gasteiger partial charge in [0, 0.05) is 50.2 Å². The first-order chi connectivity index (χ1) is 14.5. The Hall–Kier alpha value is -2.74. The van der Waals surface area contributed by atoms with Crippen LogP contribution in [0.15, 0.2) is 53.3 Å². The molecule has 1 aromatic heterocycles. The highest BCUT2D eigenvalue weighted by Crippen LogP contribution is 2.15. The summed E-state index contributed by atoms with van der Waals surface area (Å²) in [6, 6.07) is 15.0. The summed E-state index contributed by atoms with van der Waals surface area (Å²) < 4.78 is 1.40. The minimum atomic E-state index is -0.300. The predicted octanol–water partition coefficient (Wildman–Crippen LogP) is 2.18. The van der Waals surface area contributed by atoms with Gasteiger partial charge in [0.2, 0.25) is 0 Å². The first-order valence-corrected chi connectivity index (χ1v) is 10.3. The molecule has 1 amide bonds. The number of hydrogen-bond acceptors (Lipinski definition) is 5. The standard InChI is InChI=1S/C22H24ClN5O2/c1-24-21(29)20-18-7-2-3-8-19(18)22(30)28(25-20)15-27-11-9-26(10-12-27)14-16-5-4-6-17(23)13-16/h2-8,13H,9-12,14-15H2,1H3,(H,24,29). The zero-order valence-corrected chi connectivity index (χ0v) is 17.6. The molecular weight excluding hydrogens is 402 g/mol. The summed E-state index contributed by atoms with van der Waals surface area (Å²) in [5, 5.41) is 8.82. The molecule has 8 heteroatoms. The maximum atomic E-state index is 12.9.